The molecule has 0 aromatic carbocycles. The van der Waals surface area contributed by atoms with Crippen molar-refractivity contribution in [1.29, 1.82) is 0 Å². The van der Waals surface area contributed by atoms with Crippen LogP contribution in [0.2, 0.25) is 0 Å². The predicted octanol–water partition coefficient (Wildman–Crippen LogP) is -0.364. The Kier molecular flexibility index (Phi) is 8.75. The van der Waals surface area contributed by atoms with Crippen LogP contribution in [0.15, 0.2) is 0 Å². The van der Waals surface area contributed by atoms with Crippen molar-refractivity contribution in [3.8, 4) is 0 Å². The fourth-order valence-corrected chi connectivity index (χ4v) is 1.08. The summed E-state index contributed by atoms with van der Waals surface area (Å²) in [7, 11) is 0. The molecule has 0 unspecified atom stereocenters. The number of carbonyl (C=O) groups excluding carboxylic acids is 4. The molecule has 2 aliphatic rings. The lowest BCUT2D eigenvalue weighted by Crippen LogP contribution is -2.00. The maximum absolute atomic E-state index is 10.0. The summed E-state index contributed by atoms with van der Waals surface area (Å²) in [5.74, 6) is -3.75. The third kappa shape index (κ3) is 11.1. The maximum Gasteiger partial charge on any atom is 0.314 e. The molecule has 2 heterocycles. The van der Waals surface area contributed by atoms with E-state index in [1.807, 2.05) is 0 Å². The highest BCUT2D eigenvalue weighted by Crippen LogP contribution is 2.04. The van der Waals surface area contributed by atoms with Crippen LogP contribution in [0.3, 0.4) is 0 Å². The van der Waals surface area contributed by atoms with Gasteiger partial charge < -0.3 is 19.7 Å². The Bertz CT molecular complexity index is 406. The number of cyclic esters (lactones) is 4. The van der Waals surface area contributed by atoms with Crippen LogP contribution in [0, 0.1) is 0 Å². The number of hydrogen-bond acceptors (Lipinski definition) is 8. The van der Waals surface area contributed by atoms with Gasteiger partial charge in [0.05, 0.1) is 38.5 Å². The smallest absolute Gasteiger partial charge is 0.314 e. The molecule has 2 saturated heterocycles. The number of rotatable bonds is 3. The molecule has 0 saturated carbocycles. The van der Waals surface area contributed by atoms with Crippen LogP contribution in [0.4, 0.5) is 0 Å². The Balaban J connectivity index is 0.000000301. The summed E-state index contributed by atoms with van der Waals surface area (Å²) in [4.78, 5) is 59.3. The highest BCUT2D eigenvalue weighted by molar-refractivity contribution is 5.93. The molecule has 2 aliphatic heterocycles. The minimum absolute atomic E-state index is 0.263. The second-order valence-electron chi connectivity index (χ2n) is 3.98. The molecular formula is C12H14O10. The summed E-state index contributed by atoms with van der Waals surface area (Å²) in [6.45, 7) is 0. The normalized spacial score (nSPS) is 15.8. The van der Waals surface area contributed by atoms with Crippen LogP contribution < -0.4 is 0 Å². The molecule has 2 rings (SSSR count). The zero-order valence-electron chi connectivity index (χ0n) is 11.4. The quantitative estimate of drug-likeness (QED) is 0.518. The molecule has 10 heteroatoms. The Hall–Kier alpha value is -2.78. The minimum atomic E-state index is -1.08. The maximum atomic E-state index is 10.0. The first-order valence-electron chi connectivity index (χ1n) is 6.11. The van der Waals surface area contributed by atoms with Crippen LogP contribution in [0.1, 0.15) is 38.5 Å². The Labute approximate surface area is 124 Å². The van der Waals surface area contributed by atoms with Gasteiger partial charge in [0.25, 0.3) is 0 Å². The first kappa shape index (κ1) is 19.2. The molecule has 22 heavy (non-hydrogen) atoms. The average molecular weight is 318 g/mol. The van der Waals surface area contributed by atoms with Crippen LogP contribution in [-0.4, -0.2) is 46.0 Å². The summed E-state index contributed by atoms with van der Waals surface area (Å²) < 4.78 is 8.17. The summed E-state index contributed by atoms with van der Waals surface area (Å²) in [6.07, 6.45) is 0.458. The van der Waals surface area contributed by atoms with E-state index in [1.165, 1.54) is 0 Å². The van der Waals surface area contributed by atoms with Crippen molar-refractivity contribution in [2.45, 2.75) is 38.5 Å². The zero-order valence-corrected chi connectivity index (χ0v) is 11.4. The molecule has 0 bridgehead atoms. The summed E-state index contributed by atoms with van der Waals surface area (Å²) >= 11 is 0. The first-order valence-corrected chi connectivity index (χ1v) is 6.11. The third-order valence-electron chi connectivity index (χ3n) is 2.07. The minimum Gasteiger partial charge on any atom is -0.481 e. The van der Waals surface area contributed by atoms with Crippen LogP contribution >= 0.6 is 0 Å². The molecule has 2 fully saturated rings. The van der Waals surface area contributed by atoms with Gasteiger partial charge in [0.1, 0.15) is 0 Å². The largest absolute Gasteiger partial charge is 0.481 e. The van der Waals surface area contributed by atoms with E-state index < -0.39 is 35.8 Å². The molecule has 10 nitrogen and oxygen atoms in total. The highest BCUT2D eigenvalue weighted by Gasteiger charge is 2.19. The van der Waals surface area contributed by atoms with Crippen LogP contribution in [0.5, 0.6) is 0 Å². The van der Waals surface area contributed by atoms with Crippen molar-refractivity contribution < 1.29 is 48.5 Å². The molecule has 0 amide bonds. The zero-order chi connectivity index (χ0) is 17.1. The van der Waals surface area contributed by atoms with Crippen molar-refractivity contribution in [1.82, 2.24) is 0 Å². The van der Waals surface area contributed by atoms with E-state index in [4.69, 9.17) is 10.2 Å². The molecule has 0 aliphatic carbocycles. The first-order chi connectivity index (χ1) is 10.2. The topological polar surface area (TPSA) is 161 Å². The SMILES string of the molecule is O=C(O)CCC(=O)O.O=C1CCC(=O)O1.O=C1CCC(=O)O1. The van der Waals surface area contributed by atoms with E-state index >= 15 is 0 Å². The van der Waals surface area contributed by atoms with Gasteiger partial charge in [0, 0.05) is 0 Å². The molecule has 0 spiro atoms. The average Bonchev–Trinajstić information content (AvgIpc) is 2.96. The fraction of sp³-hybridized carbons (Fsp3) is 0.500. The number of ether oxygens (including phenoxy) is 2. The number of hydrogen-bond donors (Lipinski definition) is 2. The molecule has 0 aromatic heterocycles. The lowest BCUT2D eigenvalue weighted by Gasteiger charge is -1.85. The molecular weight excluding hydrogens is 304 g/mol. The number of carbonyl (C=O) groups is 6. The van der Waals surface area contributed by atoms with Gasteiger partial charge >= 0.3 is 35.8 Å². The highest BCUT2D eigenvalue weighted by atomic mass is 16.6. The van der Waals surface area contributed by atoms with Gasteiger partial charge in [-0.3, -0.25) is 28.8 Å². The van der Waals surface area contributed by atoms with E-state index in [2.05, 4.69) is 9.47 Å². The van der Waals surface area contributed by atoms with Gasteiger partial charge in [0.2, 0.25) is 0 Å². The predicted molar refractivity (Wildman–Crippen MR) is 65.2 cm³/mol. The van der Waals surface area contributed by atoms with Crippen LogP contribution in [-0.2, 0) is 38.2 Å². The third-order valence-corrected chi connectivity index (χ3v) is 2.07. The molecule has 0 atom stereocenters. The summed E-state index contributed by atoms with van der Waals surface area (Å²) in [6, 6.07) is 0. The van der Waals surface area contributed by atoms with Gasteiger partial charge in [-0.25, -0.2) is 0 Å². The van der Waals surface area contributed by atoms with Gasteiger partial charge in [-0.05, 0) is 0 Å². The second kappa shape index (κ2) is 10.0. The van der Waals surface area contributed by atoms with Crippen molar-refractivity contribution >= 4 is 35.8 Å². The van der Waals surface area contributed by atoms with Crippen molar-refractivity contribution in [3.63, 3.8) is 0 Å². The number of carboxylic acids is 2. The van der Waals surface area contributed by atoms with E-state index in [9.17, 15) is 28.8 Å². The molecule has 2 N–H and O–H groups in total. The molecule has 0 radical (unpaired) electrons. The fourth-order valence-electron chi connectivity index (χ4n) is 1.08. The number of esters is 4. The summed E-state index contributed by atoms with van der Waals surface area (Å²) in [5.41, 5.74) is 0. The Morgan fingerprint density at radius 1 is 0.682 bits per heavy atom. The van der Waals surface area contributed by atoms with Crippen LogP contribution in [0.25, 0.3) is 0 Å². The lowest BCUT2D eigenvalue weighted by molar-refractivity contribution is -0.153. The molecule has 122 valence electrons. The van der Waals surface area contributed by atoms with Gasteiger partial charge in [-0.15, -0.1) is 0 Å². The Morgan fingerprint density at radius 3 is 1.00 bits per heavy atom. The number of aliphatic carboxylic acids is 2. The van der Waals surface area contributed by atoms with E-state index in [1.54, 1.807) is 0 Å². The Morgan fingerprint density at radius 2 is 0.909 bits per heavy atom. The van der Waals surface area contributed by atoms with E-state index in [0.29, 0.717) is 0 Å². The van der Waals surface area contributed by atoms with Gasteiger partial charge in [-0.2, -0.15) is 0 Å². The van der Waals surface area contributed by atoms with E-state index in [-0.39, 0.29) is 38.5 Å². The standard InChI is InChI=1S/C4H6O4.2C4H4O3/c5-3(6)1-2-4(7)8;2*5-3-1-2-4(6)7-3/h1-2H2,(H,5,6)(H,7,8);2*1-2H2. The summed E-state index contributed by atoms with van der Waals surface area (Å²) in [5, 5.41) is 15.8. The van der Waals surface area contributed by atoms with E-state index in [0.717, 1.165) is 0 Å². The monoisotopic (exact) mass is 318 g/mol. The number of carboxylic acid groups (broad SMARTS) is 2. The molecule has 0 aromatic rings. The van der Waals surface area contributed by atoms with Gasteiger partial charge in [-0.1, -0.05) is 0 Å². The lowest BCUT2D eigenvalue weighted by atomic mass is 10.3. The van der Waals surface area contributed by atoms with Gasteiger partial charge in [0.15, 0.2) is 0 Å². The van der Waals surface area contributed by atoms with Crippen molar-refractivity contribution in [3.05, 3.63) is 0 Å². The second-order valence-corrected chi connectivity index (χ2v) is 3.98. The van der Waals surface area contributed by atoms with Crippen molar-refractivity contribution in [2.75, 3.05) is 0 Å². The van der Waals surface area contributed by atoms with Crippen molar-refractivity contribution in [2.24, 2.45) is 0 Å².